The Bertz CT molecular complexity index is 506. The molecule has 0 saturated heterocycles. The van der Waals surface area contributed by atoms with Crippen LogP contribution in [0.4, 0.5) is 0 Å². The minimum atomic E-state index is -0.432. The molecule has 0 aliphatic heterocycles. The number of carbonyl (C=O) groups excluding carboxylic acids is 1. The molecule has 6 heteroatoms. The lowest BCUT2D eigenvalue weighted by atomic mass is 10.3. The van der Waals surface area contributed by atoms with E-state index in [0.29, 0.717) is 17.0 Å². The molecule has 0 aromatic carbocycles. The molecule has 2 aromatic heterocycles. The molecule has 0 amide bonds. The van der Waals surface area contributed by atoms with Crippen molar-refractivity contribution < 1.29 is 14.6 Å². The second kappa shape index (κ2) is 3.66. The Morgan fingerprint density at radius 3 is 3.07 bits per heavy atom. The first-order valence-electron chi connectivity index (χ1n) is 4.29. The van der Waals surface area contributed by atoms with E-state index >= 15 is 0 Å². The van der Waals surface area contributed by atoms with Crippen LogP contribution in [0.2, 0.25) is 0 Å². The molecule has 2 aromatic rings. The van der Waals surface area contributed by atoms with Gasteiger partial charge in [0.05, 0.1) is 12.7 Å². The third-order valence-corrected chi connectivity index (χ3v) is 1.94. The molecule has 0 bridgehead atoms. The molecule has 78 valence electrons. The molecule has 0 radical (unpaired) electrons. The van der Waals surface area contributed by atoms with E-state index in [1.807, 2.05) is 0 Å². The fourth-order valence-corrected chi connectivity index (χ4v) is 1.23. The van der Waals surface area contributed by atoms with Crippen molar-refractivity contribution in [3.05, 3.63) is 29.7 Å². The predicted octanol–water partition coefficient (Wildman–Crippen LogP) is 0.00820. The van der Waals surface area contributed by atoms with Crippen molar-refractivity contribution in [2.75, 3.05) is 7.11 Å². The van der Waals surface area contributed by atoms with Crippen molar-refractivity contribution in [1.29, 1.82) is 0 Å². The standard InChI is InChI=1S/C9H9N3O3/c1-15-9(14)6-2-3-8-10-7(5-13)11-12(8)4-6/h2-4,13H,5H2,1H3. The van der Waals surface area contributed by atoms with Gasteiger partial charge in [-0.1, -0.05) is 0 Å². The normalized spacial score (nSPS) is 10.5. The van der Waals surface area contributed by atoms with Crippen molar-refractivity contribution in [2.45, 2.75) is 6.61 Å². The molecule has 1 N–H and O–H groups in total. The maximum absolute atomic E-state index is 11.2. The summed E-state index contributed by atoms with van der Waals surface area (Å²) in [7, 11) is 1.31. The summed E-state index contributed by atoms with van der Waals surface area (Å²) >= 11 is 0. The summed E-state index contributed by atoms with van der Waals surface area (Å²) in [5, 5.41) is 12.8. The topological polar surface area (TPSA) is 76.7 Å². The fraction of sp³-hybridized carbons (Fsp3) is 0.222. The maximum atomic E-state index is 11.2. The summed E-state index contributed by atoms with van der Waals surface area (Å²) in [6.07, 6.45) is 1.51. The number of esters is 1. The number of methoxy groups -OCH3 is 1. The van der Waals surface area contributed by atoms with Crippen LogP contribution < -0.4 is 0 Å². The number of hydrogen-bond donors (Lipinski definition) is 1. The van der Waals surface area contributed by atoms with E-state index < -0.39 is 5.97 Å². The second-order valence-electron chi connectivity index (χ2n) is 2.90. The zero-order chi connectivity index (χ0) is 10.8. The van der Waals surface area contributed by atoms with Gasteiger partial charge in [0.25, 0.3) is 0 Å². The van der Waals surface area contributed by atoms with Crippen molar-refractivity contribution in [2.24, 2.45) is 0 Å². The van der Waals surface area contributed by atoms with Crippen molar-refractivity contribution >= 4 is 11.6 Å². The summed E-state index contributed by atoms with van der Waals surface area (Å²) in [5.74, 6) is -0.116. The maximum Gasteiger partial charge on any atom is 0.339 e. The second-order valence-corrected chi connectivity index (χ2v) is 2.90. The van der Waals surface area contributed by atoms with Crippen LogP contribution in [0.1, 0.15) is 16.2 Å². The highest BCUT2D eigenvalue weighted by molar-refractivity contribution is 5.89. The number of rotatable bonds is 2. The minimum absolute atomic E-state index is 0.227. The SMILES string of the molecule is COC(=O)c1ccc2nc(CO)nn2c1. The van der Waals surface area contributed by atoms with Crippen LogP contribution in [0.5, 0.6) is 0 Å². The van der Waals surface area contributed by atoms with Crippen LogP contribution in [0, 0.1) is 0 Å². The lowest BCUT2D eigenvalue weighted by Crippen LogP contribution is -2.03. The van der Waals surface area contributed by atoms with Crippen molar-refractivity contribution in [3.8, 4) is 0 Å². The quantitative estimate of drug-likeness (QED) is 0.702. The van der Waals surface area contributed by atoms with E-state index in [-0.39, 0.29) is 6.61 Å². The Balaban J connectivity index is 2.50. The summed E-state index contributed by atoms with van der Waals surface area (Å²) < 4.78 is 6.00. The molecule has 15 heavy (non-hydrogen) atoms. The molecule has 6 nitrogen and oxygen atoms in total. The molecular weight excluding hydrogens is 198 g/mol. The fourth-order valence-electron chi connectivity index (χ4n) is 1.23. The number of aliphatic hydroxyl groups excluding tert-OH is 1. The van der Waals surface area contributed by atoms with E-state index in [9.17, 15) is 4.79 Å². The number of aromatic nitrogens is 3. The lowest BCUT2D eigenvalue weighted by molar-refractivity contribution is 0.0600. The average molecular weight is 207 g/mol. The lowest BCUT2D eigenvalue weighted by Gasteiger charge is -1.98. The number of pyridine rings is 1. The van der Waals surface area contributed by atoms with Gasteiger partial charge in [-0.25, -0.2) is 14.3 Å². The highest BCUT2D eigenvalue weighted by atomic mass is 16.5. The van der Waals surface area contributed by atoms with Gasteiger partial charge in [-0.05, 0) is 12.1 Å². The van der Waals surface area contributed by atoms with Crippen LogP contribution in [-0.4, -0.2) is 32.8 Å². The Kier molecular flexibility index (Phi) is 2.34. The first-order valence-corrected chi connectivity index (χ1v) is 4.29. The minimum Gasteiger partial charge on any atom is -0.465 e. The van der Waals surface area contributed by atoms with E-state index in [2.05, 4.69) is 14.8 Å². The monoisotopic (exact) mass is 207 g/mol. The van der Waals surface area contributed by atoms with Crippen LogP contribution in [-0.2, 0) is 11.3 Å². The number of fused-ring (bicyclic) bond motifs is 1. The number of nitrogens with zero attached hydrogens (tertiary/aromatic N) is 3. The number of ether oxygens (including phenoxy) is 1. The van der Waals surface area contributed by atoms with Crippen molar-refractivity contribution in [3.63, 3.8) is 0 Å². The molecular formula is C9H9N3O3. The first-order chi connectivity index (χ1) is 7.24. The highest BCUT2D eigenvalue weighted by Crippen LogP contribution is 2.06. The first kappa shape index (κ1) is 9.60. The zero-order valence-electron chi connectivity index (χ0n) is 8.04. The molecule has 0 spiro atoms. The Morgan fingerprint density at radius 2 is 2.40 bits per heavy atom. The van der Waals surface area contributed by atoms with Crippen molar-refractivity contribution in [1.82, 2.24) is 14.6 Å². The van der Waals surface area contributed by atoms with Gasteiger partial charge >= 0.3 is 5.97 Å². The van der Waals surface area contributed by atoms with Crippen LogP contribution in [0.25, 0.3) is 5.65 Å². The Labute approximate surface area is 85.1 Å². The van der Waals surface area contributed by atoms with E-state index in [4.69, 9.17) is 5.11 Å². The van der Waals surface area contributed by atoms with Gasteiger partial charge in [0.2, 0.25) is 0 Å². The smallest absolute Gasteiger partial charge is 0.339 e. The summed E-state index contributed by atoms with van der Waals surface area (Å²) in [5.41, 5.74) is 0.964. The Morgan fingerprint density at radius 1 is 1.60 bits per heavy atom. The third kappa shape index (κ3) is 1.66. The molecule has 0 aliphatic rings. The van der Waals surface area contributed by atoms with Gasteiger partial charge < -0.3 is 9.84 Å². The van der Waals surface area contributed by atoms with Gasteiger partial charge in [0, 0.05) is 6.20 Å². The molecule has 0 fully saturated rings. The number of carbonyl (C=O) groups is 1. The number of aliphatic hydroxyl groups is 1. The van der Waals surface area contributed by atoms with E-state index in [0.717, 1.165) is 0 Å². The highest BCUT2D eigenvalue weighted by Gasteiger charge is 2.08. The molecule has 0 aliphatic carbocycles. The largest absolute Gasteiger partial charge is 0.465 e. The van der Waals surface area contributed by atoms with E-state index in [1.165, 1.54) is 17.8 Å². The number of hydrogen-bond acceptors (Lipinski definition) is 5. The molecule has 0 unspecified atom stereocenters. The summed E-state index contributed by atoms with van der Waals surface area (Å²) in [6, 6.07) is 3.23. The van der Waals surface area contributed by atoms with Crippen LogP contribution in [0.3, 0.4) is 0 Å². The van der Waals surface area contributed by atoms with Gasteiger partial charge in [-0.2, -0.15) is 0 Å². The van der Waals surface area contributed by atoms with Crippen LogP contribution in [0.15, 0.2) is 18.3 Å². The molecule has 0 saturated carbocycles. The van der Waals surface area contributed by atoms with Gasteiger partial charge in [0.15, 0.2) is 11.5 Å². The third-order valence-electron chi connectivity index (χ3n) is 1.94. The summed E-state index contributed by atoms with van der Waals surface area (Å²) in [6.45, 7) is -0.227. The predicted molar refractivity (Wildman–Crippen MR) is 50.2 cm³/mol. The molecule has 2 rings (SSSR count). The van der Waals surface area contributed by atoms with Gasteiger partial charge in [0.1, 0.15) is 6.61 Å². The Hall–Kier alpha value is -1.95. The zero-order valence-corrected chi connectivity index (χ0v) is 8.04. The molecule has 0 atom stereocenters. The van der Waals surface area contributed by atoms with Gasteiger partial charge in [-0.3, -0.25) is 0 Å². The van der Waals surface area contributed by atoms with Crippen LogP contribution >= 0.6 is 0 Å². The van der Waals surface area contributed by atoms with Gasteiger partial charge in [-0.15, -0.1) is 5.10 Å². The summed E-state index contributed by atoms with van der Waals surface area (Å²) in [4.78, 5) is 15.2. The van der Waals surface area contributed by atoms with E-state index in [1.54, 1.807) is 12.1 Å². The average Bonchev–Trinajstić information content (AvgIpc) is 2.69. The molecule has 2 heterocycles.